The lowest BCUT2D eigenvalue weighted by molar-refractivity contribution is -0.137. The van der Waals surface area contributed by atoms with E-state index in [4.69, 9.17) is 0 Å². The number of carbonyl (C=O) groups is 3. The fourth-order valence-electron chi connectivity index (χ4n) is 3.11. The molecule has 5 heteroatoms. The summed E-state index contributed by atoms with van der Waals surface area (Å²) in [5, 5.41) is 2.37. The zero-order valence-electron chi connectivity index (χ0n) is 16.5. The number of carbonyl (C=O) groups excluding carboxylic acids is 3. The summed E-state index contributed by atoms with van der Waals surface area (Å²) in [5.74, 6) is -0.485. The molecule has 1 atom stereocenters. The van der Waals surface area contributed by atoms with Gasteiger partial charge in [0.1, 0.15) is 6.29 Å². The molecule has 5 nitrogen and oxygen atoms in total. The molecule has 0 aliphatic carbocycles. The predicted octanol–water partition coefficient (Wildman–Crippen LogP) is 3.58. The van der Waals surface area contributed by atoms with Crippen molar-refractivity contribution in [1.82, 2.24) is 10.2 Å². The van der Waals surface area contributed by atoms with Crippen LogP contribution in [-0.4, -0.2) is 36.1 Å². The van der Waals surface area contributed by atoms with Crippen LogP contribution < -0.4 is 5.32 Å². The number of imide groups is 1. The van der Waals surface area contributed by atoms with E-state index in [1.54, 1.807) is 0 Å². The quantitative estimate of drug-likeness (QED) is 0.623. The van der Waals surface area contributed by atoms with Gasteiger partial charge in [-0.25, -0.2) is 0 Å². The second-order valence-corrected chi connectivity index (χ2v) is 6.08. The zero-order chi connectivity index (χ0) is 19.7. The molecule has 1 heterocycles. The molecular weight excluding hydrogens is 328 g/mol. The van der Waals surface area contributed by atoms with Crippen molar-refractivity contribution in [2.75, 3.05) is 7.05 Å². The summed E-state index contributed by atoms with van der Waals surface area (Å²) in [4.78, 5) is 36.5. The lowest BCUT2D eigenvalue weighted by Gasteiger charge is -2.30. The van der Waals surface area contributed by atoms with Crippen LogP contribution in [0.5, 0.6) is 0 Å². The van der Waals surface area contributed by atoms with Crippen molar-refractivity contribution in [2.45, 2.75) is 59.5 Å². The maximum Gasteiger partial charge on any atom is 0.243 e. The zero-order valence-corrected chi connectivity index (χ0v) is 16.5. The Kier molecular flexibility index (Phi) is 8.93. The average molecular weight is 358 g/mol. The van der Waals surface area contributed by atoms with Crippen LogP contribution in [0.25, 0.3) is 5.57 Å². The van der Waals surface area contributed by atoms with Crippen LogP contribution in [0.1, 0.15) is 68.4 Å². The fourth-order valence-corrected chi connectivity index (χ4v) is 3.11. The summed E-state index contributed by atoms with van der Waals surface area (Å²) < 4.78 is 0. The molecule has 1 aliphatic heterocycles. The number of rotatable bonds is 6. The molecule has 1 aliphatic rings. The number of nitrogens with zero attached hydrogens (tertiary/aromatic N) is 1. The van der Waals surface area contributed by atoms with Crippen LogP contribution >= 0.6 is 0 Å². The van der Waals surface area contributed by atoms with Crippen LogP contribution in [0.4, 0.5) is 0 Å². The van der Waals surface area contributed by atoms with Gasteiger partial charge in [0, 0.05) is 18.5 Å². The van der Waals surface area contributed by atoms with Crippen molar-refractivity contribution in [1.29, 1.82) is 0 Å². The van der Waals surface area contributed by atoms with Crippen LogP contribution in [0.2, 0.25) is 0 Å². The van der Waals surface area contributed by atoms with Gasteiger partial charge in [-0.3, -0.25) is 24.6 Å². The molecule has 1 aromatic carbocycles. The summed E-state index contributed by atoms with van der Waals surface area (Å²) in [6.45, 7) is 8.58. The lowest BCUT2D eigenvalue weighted by Crippen LogP contribution is -2.51. The predicted molar refractivity (Wildman–Crippen MR) is 105 cm³/mol. The van der Waals surface area contributed by atoms with E-state index in [0.29, 0.717) is 24.9 Å². The van der Waals surface area contributed by atoms with Gasteiger partial charge in [0.15, 0.2) is 0 Å². The number of hydrogen-bond donors (Lipinski definition) is 1. The summed E-state index contributed by atoms with van der Waals surface area (Å²) in [6.07, 6.45) is 4.69. The Hall–Kier alpha value is -2.27. The van der Waals surface area contributed by atoms with Crippen molar-refractivity contribution in [3.63, 3.8) is 0 Å². The second kappa shape index (κ2) is 10.7. The normalized spacial score (nSPS) is 17.5. The van der Waals surface area contributed by atoms with Gasteiger partial charge in [-0.15, -0.1) is 0 Å². The van der Waals surface area contributed by atoms with Crippen LogP contribution in [0.15, 0.2) is 24.3 Å². The number of amides is 2. The van der Waals surface area contributed by atoms with E-state index in [1.165, 1.54) is 5.57 Å². The Morgan fingerprint density at radius 2 is 2.00 bits per heavy atom. The molecule has 0 bridgehead atoms. The molecule has 0 spiro atoms. The van der Waals surface area contributed by atoms with Crippen LogP contribution in [-0.2, 0) is 16.1 Å². The molecule has 1 N–H and O–H groups in total. The maximum absolute atomic E-state index is 12.0. The highest BCUT2D eigenvalue weighted by atomic mass is 16.2. The fraction of sp³-hybridized carbons (Fsp3) is 0.476. The van der Waals surface area contributed by atoms with Crippen molar-refractivity contribution in [3.05, 3.63) is 41.0 Å². The number of nitrogens with one attached hydrogen (secondary N) is 1. The second-order valence-electron chi connectivity index (χ2n) is 6.08. The number of benzene rings is 1. The molecule has 1 aromatic rings. The Labute approximate surface area is 156 Å². The molecule has 2 amide bonds. The first-order chi connectivity index (χ1) is 12.5. The monoisotopic (exact) mass is 358 g/mol. The van der Waals surface area contributed by atoms with Gasteiger partial charge in [0.05, 0.1) is 6.04 Å². The highest BCUT2D eigenvalue weighted by Gasteiger charge is 2.29. The van der Waals surface area contributed by atoms with Gasteiger partial charge >= 0.3 is 0 Å². The highest BCUT2D eigenvalue weighted by Crippen LogP contribution is 2.23. The van der Waals surface area contributed by atoms with Gasteiger partial charge in [-0.1, -0.05) is 39.0 Å². The van der Waals surface area contributed by atoms with E-state index < -0.39 is 0 Å². The number of allylic oxidation sites excluding steroid dienone is 2. The molecule has 0 saturated carbocycles. The van der Waals surface area contributed by atoms with E-state index >= 15 is 0 Å². The molecule has 26 heavy (non-hydrogen) atoms. The molecule has 2 rings (SSSR count). The summed E-state index contributed by atoms with van der Waals surface area (Å²) >= 11 is 0. The number of hydrogen-bond acceptors (Lipinski definition) is 4. The first kappa shape index (κ1) is 21.8. The molecule has 0 aromatic heterocycles. The summed E-state index contributed by atoms with van der Waals surface area (Å²) in [5.41, 5.74) is 3.83. The molecule has 1 saturated heterocycles. The smallest absolute Gasteiger partial charge is 0.243 e. The lowest BCUT2D eigenvalue weighted by atomic mass is 9.97. The van der Waals surface area contributed by atoms with Crippen molar-refractivity contribution in [2.24, 2.45) is 0 Å². The van der Waals surface area contributed by atoms with E-state index in [9.17, 15) is 14.4 Å². The van der Waals surface area contributed by atoms with E-state index in [-0.39, 0.29) is 17.9 Å². The number of likely N-dealkylation sites (N-methyl/N-ethyl adjacent to an activating group) is 1. The first-order valence-corrected chi connectivity index (χ1v) is 9.27. The molecule has 1 fully saturated rings. The Morgan fingerprint density at radius 1 is 1.31 bits per heavy atom. The van der Waals surface area contributed by atoms with E-state index in [0.717, 1.165) is 23.8 Å². The minimum absolute atomic E-state index is 0.221. The number of piperidine rings is 1. The van der Waals surface area contributed by atoms with Crippen molar-refractivity contribution in [3.8, 4) is 0 Å². The molecule has 1 unspecified atom stereocenters. The van der Waals surface area contributed by atoms with Crippen LogP contribution in [0.3, 0.4) is 0 Å². The van der Waals surface area contributed by atoms with Gasteiger partial charge < -0.3 is 0 Å². The van der Waals surface area contributed by atoms with Gasteiger partial charge in [0.25, 0.3) is 0 Å². The Morgan fingerprint density at radius 3 is 2.54 bits per heavy atom. The van der Waals surface area contributed by atoms with E-state index in [2.05, 4.69) is 18.3 Å². The van der Waals surface area contributed by atoms with Gasteiger partial charge in [-0.05, 0) is 49.6 Å². The highest BCUT2D eigenvalue weighted by molar-refractivity contribution is 6.00. The number of aldehydes is 1. The third-order valence-corrected chi connectivity index (χ3v) is 4.53. The van der Waals surface area contributed by atoms with E-state index in [1.807, 2.05) is 50.9 Å². The minimum atomic E-state index is -0.349. The van der Waals surface area contributed by atoms with Crippen molar-refractivity contribution >= 4 is 23.7 Å². The third-order valence-electron chi connectivity index (χ3n) is 4.53. The Balaban J connectivity index is 0.00000163. The van der Waals surface area contributed by atoms with Gasteiger partial charge in [0.2, 0.25) is 11.8 Å². The third kappa shape index (κ3) is 5.36. The molecule has 0 radical (unpaired) electrons. The topological polar surface area (TPSA) is 66.5 Å². The average Bonchev–Trinajstić information content (AvgIpc) is 2.64. The standard InChI is InChI=1S/C19H24N2O3.C2H6/c1-4-13(5-2)14-6-7-15(12-22)16(10-14)11-21(3)17-8-9-18(23)20-19(17)24;1-2/h4,6-7,10,12,17H,5,8-9,11H2,1-3H3,(H,20,23,24);1-2H3/b13-4+;. The van der Waals surface area contributed by atoms with Gasteiger partial charge in [-0.2, -0.15) is 0 Å². The molecular formula is C21H30N2O3. The largest absolute Gasteiger partial charge is 0.298 e. The SMILES string of the molecule is C/C=C(\CC)c1ccc(C=O)c(CN(C)C2CCC(=O)NC2=O)c1.CC. The molecule has 142 valence electrons. The maximum atomic E-state index is 12.0. The van der Waals surface area contributed by atoms with Crippen LogP contribution in [0, 0.1) is 0 Å². The minimum Gasteiger partial charge on any atom is -0.298 e. The summed E-state index contributed by atoms with van der Waals surface area (Å²) in [7, 11) is 1.84. The Bertz CT molecular complexity index is 680. The first-order valence-electron chi connectivity index (χ1n) is 9.27. The van der Waals surface area contributed by atoms with Crippen molar-refractivity contribution < 1.29 is 14.4 Å². The summed E-state index contributed by atoms with van der Waals surface area (Å²) in [6, 6.07) is 5.45.